The van der Waals surface area contributed by atoms with Gasteiger partial charge in [-0.3, -0.25) is 4.79 Å². The van der Waals surface area contributed by atoms with Crippen molar-refractivity contribution in [3.63, 3.8) is 0 Å². The molecule has 0 unspecified atom stereocenters. The van der Waals surface area contributed by atoms with E-state index in [-0.39, 0.29) is 5.56 Å². The average molecular weight is 151 g/mol. The van der Waals surface area contributed by atoms with Crippen LogP contribution in [0.15, 0.2) is 11.1 Å². The molecule has 0 aromatic carbocycles. The van der Waals surface area contributed by atoms with Crippen LogP contribution in [0.25, 0.3) is 11.2 Å². The first-order valence-electron chi connectivity index (χ1n) is 3.02. The van der Waals surface area contributed by atoms with Gasteiger partial charge in [0.1, 0.15) is 0 Å². The van der Waals surface area contributed by atoms with Crippen LogP contribution >= 0.6 is 0 Å². The number of rotatable bonds is 0. The predicted octanol–water partition coefficient (Wildman–Crippen LogP) is -0.948. The Bertz CT molecular complexity index is 441. The highest BCUT2D eigenvalue weighted by molar-refractivity contribution is 5.66. The summed E-state index contributed by atoms with van der Waals surface area (Å²) in [5.74, 6) is 0. The number of H-pyrrole nitrogens is 1. The van der Waals surface area contributed by atoms with Gasteiger partial charge in [0.2, 0.25) is 5.65 Å². The minimum atomic E-state index is -0.215. The summed E-state index contributed by atoms with van der Waals surface area (Å²) >= 11 is 0. The fraction of sp³-hybridized carbons (Fsp3) is 0.200. The standard InChI is InChI=1S/C5H5N5O/c1-10-5(11)3-4(8-9-10)7-2-6-3/h2H,1H3,(H,6,7). The summed E-state index contributed by atoms with van der Waals surface area (Å²) in [6, 6.07) is 0. The first-order valence-corrected chi connectivity index (χ1v) is 3.02. The number of fused-ring (bicyclic) bond motifs is 1. The summed E-state index contributed by atoms with van der Waals surface area (Å²) in [5.41, 5.74) is 0.531. The molecule has 2 heterocycles. The summed E-state index contributed by atoms with van der Waals surface area (Å²) in [5, 5.41) is 7.22. The summed E-state index contributed by atoms with van der Waals surface area (Å²) in [7, 11) is 1.54. The summed E-state index contributed by atoms with van der Waals surface area (Å²) in [6.45, 7) is 0. The first-order chi connectivity index (χ1) is 5.29. The maximum absolute atomic E-state index is 11.2. The van der Waals surface area contributed by atoms with Crippen molar-refractivity contribution in [2.45, 2.75) is 0 Å². The lowest BCUT2D eigenvalue weighted by Crippen LogP contribution is -2.20. The van der Waals surface area contributed by atoms with Crippen LogP contribution in [0.1, 0.15) is 0 Å². The molecular weight excluding hydrogens is 146 g/mol. The number of nitrogens with zero attached hydrogens (tertiary/aromatic N) is 4. The maximum Gasteiger partial charge on any atom is 0.295 e. The number of aromatic amines is 1. The van der Waals surface area contributed by atoms with E-state index in [2.05, 4.69) is 20.3 Å². The van der Waals surface area contributed by atoms with Crippen molar-refractivity contribution < 1.29 is 0 Å². The average Bonchev–Trinajstić information content (AvgIpc) is 2.45. The van der Waals surface area contributed by atoms with Crippen molar-refractivity contribution in [3.05, 3.63) is 16.7 Å². The molecule has 0 fully saturated rings. The molecule has 1 N–H and O–H groups in total. The normalized spacial score (nSPS) is 10.6. The van der Waals surface area contributed by atoms with Gasteiger partial charge in [0.05, 0.1) is 6.33 Å². The lowest BCUT2D eigenvalue weighted by Gasteiger charge is -1.90. The van der Waals surface area contributed by atoms with Gasteiger partial charge in [-0.1, -0.05) is 5.21 Å². The number of nitrogens with one attached hydrogen (secondary N) is 1. The Kier molecular flexibility index (Phi) is 1.03. The molecule has 6 nitrogen and oxygen atoms in total. The molecular formula is C5H5N5O. The van der Waals surface area contributed by atoms with Gasteiger partial charge in [-0.25, -0.2) is 9.67 Å². The second kappa shape index (κ2) is 1.88. The van der Waals surface area contributed by atoms with Crippen LogP contribution < -0.4 is 5.56 Å². The summed E-state index contributed by atoms with van der Waals surface area (Å²) < 4.78 is 1.15. The van der Waals surface area contributed by atoms with E-state index >= 15 is 0 Å². The van der Waals surface area contributed by atoms with Crippen molar-refractivity contribution in [1.29, 1.82) is 0 Å². The van der Waals surface area contributed by atoms with Crippen molar-refractivity contribution in [1.82, 2.24) is 25.0 Å². The van der Waals surface area contributed by atoms with E-state index < -0.39 is 0 Å². The van der Waals surface area contributed by atoms with Gasteiger partial charge in [0.25, 0.3) is 5.56 Å². The van der Waals surface area contributed by atoms with Crippen molar-refractivity contribution >= 4 is 11.2 Å². The Labute approximate surface area is 60.9 Å². The van der Waals surface area contributed by atoms with Crippen LogP contribution in [0.4, 0.5) is 0 Å². The lowest BCUT2D eigenvalue weighted by molar-refractivity contribution is 0.654. The predicted molar refractivity (Wildman–Crippen MR) is 36.9 cm³/mol. The van der Waals surface area contributed by atoms with Crippen molar-refractivity contribution in [2.75, 3.05) is 0 Å². The summed E-state index contributed by atoms with van der Waals surface area (Å²) in [6.07, 6.45) is 1.42. The molecule has 0 amide bonds. The Morgan fingerprint density at radius 1 is 1.64 bits per heavy atom. The van der Waals surface area contributed by atoms with E-state index in [1.165, 1.54) is 13.4 Å². The zero-order valence-corrected chi connectivity index (χ0v) is 5.77. The molecule has 56 valence electrons. The number of aromatic nitrogens is 5. The first kappa shape index (κ1) is 6.02. The molecule has 0 aliphatic rings. The topological polar surface area (TPSA) is 76.5 Å². The van der Waals surface area contributed by atoms with Gasteiger partial charge >= 0.3 is 0 Å². The van der Waals surface area contributed by atoms with Crippen LogP contribution in [0, 0.1) is 0 Å². The second-order valence-corrected chi connectivity index (χ2v) is 2.12. The molecule has 2 rings (SSSR count). The molecule has 6 heteroatoms. The quantitative estimate of drug-likeness (QED) is 0.526. The largest absolute Gasteiger partial charge is 0.339 e. The van der Waals surface area contributed by atoms with Crippen molar-refractivity contribution in [2.24, 2.45) is 7.05 Å². The molecule has 0 spiro atoms. The van der Waals surface area contributed by atoms with Crippen LogP contribution in [0.3, 0.4) is 0 Å². The van der Waals surface area contributed by atoms with E-state index in [4.69, 9.17) is 0 Å². The van der Waals surface area contributed by atoms with Gasteiger partial charge in [-0.2, -0.15) is 0 Å². The zero-order valence-electron chi connectivity index (χ0n) is 5.77. The molecule has 0 saturated heterocycles. The molecule has 0 bridgehead atoms. The number of hydrogen-bond acceptors (Lipinski definition) is 4. The lowest BCUT2D eigenvalue weighted by atomic mass is 10.6. The third-order valence-electron chi connectivity index (χ3n) is 1.40. The fourth-order valence-electron chi connectivity index (χ4n) is 0.832. The highest BCUT2D eigenvalue weighted by atomic mass is 16.1. The fourth-order valence-corrected chi connectivity index (χ4v) is 0.832. The summed E-state index contributed by atoms with van der Waals surface area (Å²) in [4.78, 5) is 17.6. The Morgan fingerprint density at radius 2 is 2.45 bits per heavy atom. The van der Waals surface area contributed by atoms with E-state index in [1.807, 2.05) is 0 Å². The Morgan fingerprint density at radius 3 is 3.27 bits per heavy atom. The van der Waals surface area contributed by atoms with Gasteiger partial charge in [-0.15, -0.1) is 5.10 Å². The molecule has 0 saturated carbocycles. The number of hydrogen-bond donors (Lipinski definition) is 1. The van der Waals surface area contributed by atoms with Crippen LogP contribution in [-0.2, 0) is 7.05 Å². The molecule has 0 aliphatic heterocycles. The van der Waals surface area contributed by atoms with E-state index in [0.717, 1.165) is 4.68 Å². The third-order valence-corrected chi connectivity index (χ3v) is 1.40. The van der Waals surface area contributed by atoms with E-state index in [9.17, 15) is 4.79 Å². The SMILES string of the molecule is Cn1nnc2nc[nH]c2c1=O. The Balaban J connectivity index is 3.05. The molecule has 0 radical (unpaired) electrons. The van der Waals surface area contributed by atoms with Crippen molar-refractivity contribution in [3.8, 4) is 0 Å². The van der Waals surface area contributed by atoms with Crippen LogP contribution in [-0.4, -0.2) is 25.0 Å². The zero-order chi connectivity index (χ0) is 7.84. The second-order valence-electron chi connectivity index (χ2n) is 2.12. The third kappa shape index (κ3) is 0.721. The maximum atomic E-state index is 11.2. The van der Waals surface area contributed by atoms with E-state index in [0.29, 0.717) is 11.2 Å². The minimum absolute atomic E-state index is 0.215. The van der Waals surface area contributed by atoms with Gasteiger partial charge < -0.3 is 4.98 Å². The molecule has 2 aromatic heterocycles. The molecule has 0 atom stereocenters. The number of imidazole rings is 1. The monoisotopic (exact) mass is 151 g/mol. The number of aryl methyl sites for hydroxylation is 1. The van der Waals surface area contributed by atoms with Crippen LogP contribution in [0.5, 0.6) is 0 Å². The molecule has 0 aliphatic carbocycles. The van der Waals surface area contributed by atoms with Crippen LogP contribution in [0.2, 0.25) is 0 Å². The van der Waals surface area contributed by atoms with Gasteiger partial charge in [0, 0.05) is 7.05 Å². The molecule has 11 heavy (non-hydrogen) atoms. The minimum Gasteiger partial charge on any atom is -0.339 e. The van der Waals surface area contributed by atoms with E-state index in [1.54, 1.807) is 0 Å². The highest BCUT2D eigenvalue weighted by Gasteiger charge is 2.02. The smallest absolute Gasteiger partial charge is 0.295 e. The van der Waals surface area contributed by atoms with Gasteiger partial charge in [0.15, 0.2) is 5.52 Å². The van der Waals surface area contributed by atoms with Gasteiger partial charge in [-0.05, 0) is 0 Å². The Hall–Kier alpha value is -1.72. The highest BCUT2D eigenvalue weighted by Crippen LogP contribution is 1.93. The molecule has 2 aromatic rings.